The first kappa shape index (κ1) is 47.6. The van der Waals surface area contributed by atoms with Crippen LogP contribution in [0, 0.1) is 13.1 Å². The van der Waals surface area contributed by atoms with Crippen LogP contribution >= 0.6 is 0 Å². The van der Waals surface area contributed by atoms with Crippen LogP contribution in [0.2, 0.25) is 0 Å². The molecule has 0 unspecified atom stereocenters. The average Bonchev–Trinajstić information content (AvgIpc) is 4.13. The number of hydrogen-bond acceptors (Lipinski definition) is 4. The van der Waals surface area contributed by atoms with E-state index in [4.69, 9.17) is 23.1 Å². The van der Waals surface area contributed by atoms with Crippen LogP contribution in [0.3, 0.4) is 0 Å². The number of anilines is 6. The van der Waals surface area contributed by atoms with Gasteiger partial charge in [-0.05, 0) is 143 Å². The van der Waals surface area contributed by atoms with E-state index in [0.717, 1.165) is 95.1 Å². The first-order valence-electron chi connectivity index (χ1n) is 26.1. The van der Waals surface area contributed by atoms with Gasteiger partial charge in [0.05, 0.1) is 35.6 Å². The summed E-state index contributed by atoms with van der Waals surface area (Å²) in [6.45, 7) is 16.7. The summed E-state index contributed by atoms with van der Waals surface area (Å²) in [4.78, 5) is 22.6. The molecule has 2 aromatic heterocycles. The predicted octanol–water partition coefficient (Wildman–Crippen LogP) is 19.9. The zero-order valence-corrected chi connectivity index (χ0v) is 42.8. The van der Waals surface area contributed by atoms with Crippen LogP contribution in [0.25, 0.3) is 93.3 Å². The van der Waals surface area contributed by atoms with Crippen LogP contribution < -0.4 is 9.80 Å². The van der Waals surface area contributed by atoms with Gasteiger partial charge in [0.1, 0.15) is 0 Å². The fraction of sp³-hybridized carbons (Fsp3) is 0. The van der Waals surface area contributed by atoms with Gasteiger partial charge in [0.25, 0.3) is 0 Å². The molecule has 2 heterocycles. The van der Waals surface area contributed by atoms with E-state index in [0.29, 0.717) is 34.0 Å². The third-order valence-electron chi connectivity index (χ3n) is 14.4. The van der Waals surface area contributed by atoms with Crippen molar-refractivity contribution in [3.63, 3.8) is 0 Å². The Morgan fingerprint density at radius 1 is 0.304 bits per heavy atom. The normalized spacial score (nSPS) is 11.0. The lowest BCUT2D eigenvalue weighted by Crippen LogP contribution is -2.09. The van der Waals surface area contributed by atoms with Crippen LogP contribution in [-0.2, 0) is 0 Å². The number of benzene rings is 11. The lowest BCUT2D eigenvalue weighted by atomic mass is 9.95. The molecule has 7 heteroatoms. The second kappa shape index (κ2) is 20.9. The van der Waals surface area contributed by atoms with Crippen molar-refractivity contribution in [1.29, 1.82) is 0 Å². The molecule has 0 atom stereocenters. The highest BCUT2D eigenvalue weighted by Crippen LogP contribution is 2.45. The van der Waals surface area contributed by atoms with E-state index < -0.39 is 0 Å². The third-order valence-corrected chi connectivity index (χ3v) is 14.4. The SMILES string of the molecule is [C-]#[N+]c1cc(-c2cc(-c3ccccc3)nc(-c3ccccc3)n2)cc([N+]#[C-])c1-c1ccc(-c2ccc(-n3c4ccc(N(c5ccccc5)c5ccccc5)cc4c4cc(N(c5ccccc5)c5ccccc5)ccc43)cc2)cc1. The van der Waals surface area contributed by atoms with Crippen LogP contribution in [-0.4, -0.2) is 14.5 Å². The highest BCUT2D eigenvalue weighted by molar-refractivity contribution is 6.12. The lowest BCUT2D eigenvalue weighted by molar-refractivity contribution is 1.18. The first-order chi connectivity index (χ1) is 39.1. The quantitative estimate of drug-likeness (QED) is 0.114. The number of rotatable bonds is 12. The number of para-hydroxylation sites is 4. The van der Waals surface area contributed by atoms with Crippen molar-refractivity contribution in [3.05, 3.63) is 308 Å². The molecule has 370 valence electrons. The summed E-state index contributed by atoms with van der Waals surface area (Å²) in [6.07, 6.45) is 0. The average molecular weight is 1010 g/mol. The number of aromatic nitrogens is 3. The highest BCUT2D eigenvalue weighted by Gasteiger charge is 2.22. The van der Waals surface area contributed by atoms with E-state index in [-0.39, 0.29) is 0 Å². The zero-order chi connectivity index (χ0) is 53.1. The third kappa shape index (κ3) is 9.21. The molecule has 0 amide bonds. The Hall–Kier alpha value is -11.1. The monoisotopic (exact) mass is 1010 g/mol. The minimum Gasteiger partial charge on any atom is -0.310 e. The minimum absolute atomic E-state index is 0.382. The molecule has 11 aromatic carbocycles. The molecule has 0 saturated carbocycles. The molecular weight excluding hydrogens is 963 g/mol. The van der Waals surface area contributed by atoms with E-state index in [1.165, 1.54) is 0 Å². The Labute approximate surface area is 459 Å². The summed E-state index contributed by atoms with van der Waals surface area (Å²) in [5, 5.41) is 2.26. The molecule has 13 aromatic rings. The maximum atomic E-state index is 8.36. The number of fused-ring (bicyclic) bond motifs is 3. The largest absolute Gasteiger partial charge is 0.310 e. The first-order valence-corrected chi connectivity index (χ1v) is 26.1. The minimum atomic E-state index is 0.382. The Kier molecular flexibility index (Phi) is 12.6. The molecule has 0 N–H and O–H groups in total. The molecule has 0 aliphatic heterocycles. The number of hydrogen-bond donors (Lipinski definition) is 0. The van der Waals surface area contributed by atoms with Crippen molar-refractivity contribution in [3.8, 4) is 61.8 Å². The van der Waals surface area contributed by atoms with Gasteiger partial charge >= 0.3 is 0 Å². The lowest BCUT2D eigenvalue weighted by Gasteiger charge is -2.26. The predicted molar refractivity (Wildman–Crippen MR) is 325 cm³/mol. The summed E-state index contributed by atoms with van der Waals surface area (Å²) in [5.41, 5.74) is 17.7. The van der Waals surface area contributed by atoms with Gasteiger partial charge in [-0.15, -0.1) is 0 Å². The summed E-state index contributed by atoms with van der Waals surface area (Å²) in [6, 6.07) is 98.1. The summed E-state index contributed by atoms with van der Waals surface area (Å²) >= 11 is 0. The van der Waals surface area contributed by atoms with Gasteiger partial charge in [-0.3, -0.25) is 0 Å². The van der Waals surface area contributed by atoms with Gasteiger partial charge in [-0.2, -0.15) is 0 Å². The van der Waals surface area contributed by atoms with E-state index in [1.54, 1.807) is 0 Å². The van der Waals surface area contributed by atoms with Crippen molar-refractivity contribution >= 4 is 67.3 Å². The summed E-state index contributed by atoms with van der Waals surface area (Å²) < 4.78 is 2.36. The zero-order valence-electron chi connectivity index (χ0n) is 42.8. The van der Waals surface area contributed by atoms with Crippen LogP contribution in [0.5, 0.6) is 0 Å². The van der Waals surface area contributed by atoms with Gasteiger partial charge in [0.15, 0.2) is 17.2 Å². The van der Waals surface area contributed by atoms with Crippen molar-refractivity contribution < 1.29 is 0 Å². The van der Waals surface area contributed by atoms with Gasteiger partial charge in [0, 0.05) is 61.7 Å². The molecule has 13 rings (SSSR count). The molecule has 0 bridgehead atoms. The van der Waals surface area contributed by atoms with Crippen molar-refractivity contribution in [2.24, 2.45) is 0 Å². The molecule has 0 aliphatic rings. The molecule has 0 spiro atoms. The van der Waals surface area contributed by atoms with Gasteiger partial charge < -0.3 is 14.4 Å². The van der Waals surface area contributed by atoms with E-state index >= 15 is 0 Å². The second-order valence-corrected chi connectivity index (χ2v) is 19.2. The smallest absolute Gasteiger partial charge is 0.185 e. The van der Waals surface area contributed by atoms with Crippen LogP contribution in [0.15, 0.2) is 285 Å². The Balaban J connectivity index is 0.875. The molecule has 0 fully saturated rings. The standard InChI is InChI=1S/C72H47N7/c1-73-67-45-55(66-49-65(52-21-9-3-10-22-52)75-72(76-66)54-23-11-4-12-24-54)46-68(74-2)71(67)53-35-33-50(34-36-53)51-37-39-60(40-38-51)79-69-43-41-61(77(56-25-13-5-14-26-56)57-27-15-6-16-28-57)47-63(69)64-48-62(42-44-70(64)79)78(58-29-17-7-18-30-58)59-31-19-8-20-32-59/h3-49H. The number of nitrogens with zero attached hydrogens (tertiary/aromatic N) is 7. The maximum Gasteiger partial charge on any atom is 0.185 e. The molecular formula is C72H47N7. The highest BCUT2D eigenvalue weighted by atomic mass is 15.1. The molecule has 79 heavy (non-hydrogen) atoms. The van der Waals surface area contributed by atoms with Crippen molar-refractivity contribution in [2.75, 3.05) is 9.80 Å². The van der Waals surface area contributed by atoms with E-state index in [2.05, 4.69) is 218 Å². The summed E-state index contributed by atoms with van der Waals surface area (Å²) in [5.74, 6) is 0.570. The fourth-order valence-corrected chi connectivity index (χ4v) is 10.7. The van der Waals surface area contributed by atoms with E-state index in [9.17, 15) is 0 Å². The Morgan fingerprint density at radius 3 is 1.09 bits per heavy atom. The van der Waals surface area contributed by atoms with Gasteiger partial charge in [-0.1, -0.05) is 170 Å². The molecule has 7 nitrogen and oxygen atoms in total. The Morgan fingerprint density at radius 2 is 0.671 bits per heavy atom. The van der Waals surface area contributed by atoms with Gasteiger partial charge in [-0.25, -0.2) is 19.7 Å². The summed E-state index contributed by atoms with van der Waals surface area (Å²) in [7, 11) is 0. The second-order valence-electron chi connectivity index (χ2n) is 19.2. The molecule has 0 aliphatic carbocycles. The molecule has 0 radical (unpaired) electrons. The van der Waals surface area contributed by atoms with Crippen LogP contribution in [0.1, 0.15) is 0 Å². The Bertz CT molecular complexity index is 4090. The van der Waals surface area contributed by atoms with Crippen LogP contribution in [0.4, 0.5) is 45.5 Å². The van der Waals surface area contributed by atoms with E-state index in [1.807, 2.05) is 91.0 Å². The molecule has 0 saturated heterocycles. The maximum absolute atomic E-state index is 8.36. The fourth-order valence-electron chi connectivity index (χ4n) is 10.7. The van der Waals surface area contributed by atoms with Gasteiger partial charge in [0.2, 0.25) is 0 Å². The van der Waals surface area contributed by atoms with Crippen molar-refractivity contribution in [2.45, 2.75) is 0 Å². The topological polar surface area (TPSA) is 45.9 Å². The van der Waals surface area contributed by atoms with Crippen molar-refractivity contribution in [1.82, 2.24) is 14.5 Å².